The van der Waals surface area contributed by atoms with E-state index in [9.17, 15) is 8.78 Å². The number of aryl methyl sites for hydroxylation is 1. The third kappa shape index (κ3) is 2.54. The highest BCUT2D eigenvalue weighted by Crippen LogP contribution is 2.39. The van der Waals surface area contributed by atoms with E-state index in [0.29, 0.717) is 4.34 Å². The van der Waals surface area contributed by atoms with E-state index in [0.717, 1.165) is 16.5 Å². The van der Waals surface area contributed by atoms with Crippen LogP contribution in [0.25, 0.3) is 0 Å². The van der Waals surface area contributed by atoms with Crippen LogP contribution in [0.2, 0.25) is 4.34 Å². The molecule has 1 unspecified atom stereocenters. The lowest BCUT2D eigenvalue weighted by Gasteiger charge is -2.09. The topological polar surface area (TPSA) is 0 Å². The van der Waals surface area contributed by atoms with Crippen molar-refractivity contribution in [2.75, 3.05) is 0 Å². The van der Waals surface area contributed by atoms with E-state index < -0.39 is 11.6 Å². The predicted octanol–water partition coefficient (Wildman–Crippen LogP) is 5.47. The molecule has 1 heterocycles. The van der Waals surface area contributed by atoms with Crippen LogP contribution in [0.1, 0.15) is 20.8 Å². The molecule has 2 aromatic rings. The van der Waals surface area contributed by atoms with Gasteiger partial charge in [-0.3, -0.25) is 0 Å². The number of benzene rings is 1. The molecule has 17 heavy (non-hydrogen) atoms. The minimum Gasteiger partial charge on any atom is -0.204 e. The summed E-state index contributed by atoms with van der Waals surface area (Å²) < 4.78 is 27.4. The molecule has 1 aromatic heterocycles. The van der Waals surface area contributed by atoms with Crippen LogP contribution in [0.15, 0.2) is 24.3 Å². The molecule has 0 aliphatic heterocycles. The Kier molecular flexibility index (Phi) is 3.85. The van der Waals surface area contributed by atoms with Crippen molar-refractivity contribution in [3.63, 3.8) is 0 Å². The van der Waals surface area contributed by atoms with Crippen LogP contribution in [-0.2, 0) is 0 Å². The van der Waals surface area contributed by atoms with Gasteiger partial charge in [0, 0.05) is 10.4 Å². The maximum Gasteiger partial charge on any atom is 0.163 e. The van der Waals surface area contributed by atoms with E-state index in [1.165, 1.54) is 17.4 Å². The highest BCUT2D eigenvalue weighted by molar-refractivity contribution is 9.09. The summed E-state index contributed by atoms with van der Waals surface area (Å²) >= 11 is 10.7. The molecule has 1 aromatic carbocycles. The van der Waals surface area contributed by atoms with Gasteiger partial charge in [0.2, 0.25) is 0 Å². The highest BCUT2D eigenvalue weighted by Gasteiger charge is 2.19. The number of hydrogen-bond donors (Lipinski definition) is 0. The smallest absolute Gasteiger partial charge is 0.163 e. The molecule has 0 spiro atoms. The number of thiophene rings is 1. The molecule has 1 atom stereocenters. The summed E-state index contributed by atoms with van der Waals surface area (Å²) in [5.74, 6) is -1.66. The van der Waals surface area contributed by atoms with Gasteiger partial charge >= 0.3 is 0 Å². The van der Waals surface area contributed by atoms with E-state index in [1.807, 2.05) is 13.0 Å². The zero-order valence-corrected chi connectivity index (χ0v) is 12.0. The van der Waals surface area contributed by atoms with Gasteiger partial charge in [0.05, 0.1) is 9.16 Å². The van der Waals surface area contributed by atoms with Crippen LogP contribution >= 0.6 is 38.9 Å². The molecule has 90 valence electrons. The average molecular weight is 338 g/mol. The van der Waals surface area contributed by atoms with Crippen LogP contribution in [0, 0.1) is 18.6 Å². The Labute approximate surface area is 115 Å². The fraction of sp³-hybridized carbons (Fsp3) is 0.167. The van der Waals surface area contributed by atoms with Gasteiger partial charge in [-0.2, -0.15) is 0 Å². The summed E-state index contributed by atoms with van der Waals surface area (Å²) in [5.41, 5.74) is 1.22. The van der Waals surface area contributed by atoms with E-state index in [4.69, 9.17) is 11.6 Å². The zero-order valence-electron chi connectivity index (χ0n) is 8.81. The third-order valence-corrected chi connectivity index (χ3v) is 5.29. The van der Waals surface area contributed by atoms with Crippen molar-refractivity contribution in [1.82, 2.24) is 0 Å². The quantitative estimate of drug-likeness (QED) is 0.637. The van der Waals surface area contributed by atoms with Gasteiger partial charge in [0.15, 0.2) is 11.6 Å². The summed E-state index contributed by atoms with van der Waals surface area (Å²) in [6, 6.07) is 6.02. The fourth-order valence-electron chi connectivity index (χ4n) is 1.48. The van der Waals surface area contributed by atoms with Gasteiger partial charge in [-0.1, -0.05) is 39.7 Å². The Balaban J connectivity index is 2.43. The maximum absolute atomic E-state index is 13.6. The second-order valence-corrected chi connectivity index (χ2v) is 6.21. The van der Waals surface area contributed by atoms with E-state index in [-0.39, 0.29) is 10.4 Å². The second kappa shape index (κ2) is 5.04. The van der Waals surface area contributed by atoms with E-state index in [2.05, 4.69) is 15.9 Å². The Morgan fingerprint density at radius 1 is 1.35 bits per heavy atom. The minimum atomic E-state index is -0.841. The first-order chi connectivity index (χ1) is 8.00. The van der Waals surface area contributed by atoms with Gasteiger partial charge in [-0.15, -0.1) is 11.3 Å². The lowest BCUT2D eigenvalue weighted by atomic mass is 10.1. The molecule has 0 radical (unpaired) electrons. The normalized spacial score (nSPS) is 12.8. The lowest BCUT2D eigenvalue weighted by molar-refractivity contribution is 0.501. The Bertz CT molecular complexity index is 534. The number of rotatable bonds is 2. The number of halogens is 4. The van der Waals surface area contributed by atoms with Gasteiger partial charge in [-0.25, -0.2) is 8.78 Å². The zero-order chi connectivity index (χ0) is 12.6. The van der Waals surface area contributed by atoms with Crippen molar-refractivity contribution in [3.8, 4) is 0 Å². The first kappa shape index (κ1) is 13.0. The number of hydrogen-bond acceptors (Lipinski definition) is 1. The second-order valence-electron chi connectivity index (χ2n) is 3.61. The highest BCUT2D eigenvalue weighted by atomic mass is 79.9. The van der Waals surface area contributed by atoms with Crippen molar-refractivity contribution in [2.24, 2.45) is 0 Å². The fourth-order valence-corrected chi connectivity index (χ4v) is 3.46. The molecule has 0 N–H and O–H groups in total. The Morgan fingerprint density at radius 3 is 2.65 bits per heavy atom. The molecule has 0 saturated carbocycles. The summed E-state index contributed by atoms with van der Waals surface area (Å²) in [6.07, 6.45) is 0. The first-order valence-corrected chi connectivity index (χ1v) is 6.95. The molecule has 0 aliphatic rings. The predicted molar refractivity (Wildman–Crippen MR) is 71.2 cm³/mol. The molecule has 5 heteroatoms. The van der Waals surface area contributed by atoms with E-state index >= 15 is 0 Å². The molecule has 0 nitrogen and oxygen atoms in total. The summed E-state index contributed by atoms with van der Waals surface area (Å²) in [4.78, 5) is 0.478. The molecule has 0 amide bonds. The van der Waals surface area contributed by atoms with Crippen LogP contribution in [0.5, 0.6) is 0 Å². The standard InChI is InChI=1S/C12H8BrClF2S/c1-6-5-9(17-12(6)14)10(13)7-3-2-4-8(15)11(7)16/h2-5,10H,1H3. The lowest BCUT2D eigenvalue weighted by Crippen LogP contribution is -1.97. The average Bonchev–Trinajstić information content (AvgIpc) is 2.62. The largest absolute Gasteiger partial charge is 0.204 e. The van der Waals surface area contributed by atoms with Crippen LogP contribution in [-0.4, -0.2) is 0 Å². The molecule has 0 bridgehead atoms. The monoisotopic (exact) mass is 336 g/mol. The van der Waals surface area contributed by atoms with Gasteiger partial charge < -0.3 is 0 Å². The van der Waals surface area contributed by atoms with Crippen molar-refractivity contribution in [1.29, 1.82) is 0 Å². The molecular weight excluding hydrogens is 330 g/mol. The van der Waals surface area contributed by atoms with E-state index in [1.54, 1.807) is 6.07 Å². The molecule has 2 rings (SSSR count). The van der Waals surface area contributed by atoms with Crippen molar-refractivity contribution in [3.05, 3.63) is 56.2 Å². The SMILES string of the molecule is Cc1cc(C(Br)c2cccc(F)c2F)sc1Cl. The van der Waals surface area contributed by atoms with Crippen LogP contribution in [0.3, 0.4) is 0 Å². The van der Waals surface area contributed by atoms with Gasteiger partial charge in [0.25, 0.3) is 0 Å². The van der Waals surface area contributed by atoms with Gasteiger partial charge in [-0.05, 0) is 24.6 Å². The minimum absolute atomic E-state index is 0.280. The first-order valence-electron chi connectivity index (χ1n) is 4.84. The molecule has 0 aliphatic carbocycles. The molecule has 0 saturated heterocycles. The number of alkyl halides is 1. The van der Waals surface area contributed by atoms with Crippen molar-refractivity contribution >= 4 is 38.9 Å². The Morgan fingerprint density at radius 2 is 2.06 bits per heavy atom. The summed E-state index contributed by atoms with van der Waals surface area (Å²) in [5, 5.41) is 0. The van der Waals surface area contributed by atoms with Gasteiger partial charge in [0.1, 0.15) is 0 Å². The van der Waals surface area contributed by atoms with Crippen LogP contribution < -0.4 is 0 Å². The van der Waals surface area contributed by atoms with Crippen molar-refractivity contribution in [2.45, 2.75) is 11.8 Å². The van der Waals surface area contributed by atoms with Crippen molar-refractivity contribution < 1.29 is 8.78 Å². The molecular formula is C12H8BrClF2S. The van der Waals surface area contributed by atoms with Crippen LogP contribution in [0.4, 0.5) is 8.78 Å². The summed E-state index contributed by atoms with van der Waals surface area (Å²) in [7, 11) is 0. The third-order valence-electron chi connectivity index (χ3n) is 2.38. The maximum atomic E-state index is 13.6. The summed E-state index contributed by atoms with van der Waals surface area (Å²) in [6.45, 7) is 1.88. The molecule has 0 fully saturated rings. The Hall–Kier alpha value is -0.450.